The van der Waals surface area contributed by atoms with Gasteiger partial charge in [0.2, 0.25) is 0 Å². The molecule has 0 spiro atoms. The molecule has 0 saturated carbocycles. The average Bonchev–Trinajstić information content (AvgIpc) is 2.37. The third kappa shape index (κ3) is 5.60. The fourth-order valence-electron chi connectivity index (χ4n) is 2.01. The van der Waals surface area contributed by atoms with E-state index in [0.29, 0.717) is 12.1 Å². The molecule has 0 bridgehead atoms. The van der Waals surface area contributed by atoms with Gasteiger partial charge in [0.05, 0.1) is 0 Å². The number of nitrogens with one attached hydrogen (secondary N) is 1. The monoisotopic (exact) mass is 251 g/mol. The Morgan fingerprint density at radius 1 is 1.18 bits per heavy atom. The van der Waals surface area contributed by atoms with Gasteiger partial charge < -0.3 is 5.32 Å². The second-order valence-corrected chi connectivity index (χ2v) is 5.80. The van der Waals surface area contributed by atoms with Gasteiger partial charge in [0.25, 0.3) is 0 Å². The van der Waals surface area contributed by atoms with Crippen LogP contribution >= 0.6 is 11.8 Å². The Hall–Kier alpha value is -0.470. The summed E-state index contributed by atoms with van der Waals surface area (Å²) in [7, 11) is 0. The zero-order valence-electron chi connectivity index (χ0n) is 11.3. The smallest absolute Gasteiger partial charge is 0.0322 e. The van der Waals surface area contributed by atoms with Gasteiger partial charge >= 0.3 is 0 Å². The highest BCUT2D eigenvalue weighted by atomic mass is 32.2. The first kappa shape index (κ1) is 14.6. The Morgan fingerprint density at radius 2 is 1.88 bits per heavy atom. The van der Waals surface area contributed by atoms with Gasteiger partial charge in [0.15, 0.2) is 0 Å². The number of benzene rings is 1. The van der Waals surface area contributed by atoms with Crippen molar-refractivity contribution >= 4 is 11.8 Å². The quantitative estimate of drug-likeness (QED) is 0.741. The summed E-state index contributed by atoms with van der Waals surface area (Å²) in [5.74, 6) is 2.40. The first-order valence-electron chi connectivity index (χ1n) is 6.66. The molecule has 96 valence electrons. The lowest BCUT2D eigenvalue weighted by Crippen LogP contribution is -2.32. The van der Waals surface area contributed by atoms with Crippen LogP contribution in [0.5, 0.6) is 0 Å². The van der Waals surface area contributed by atoms with Crippen LogP contribution in [0.3, 0.4) is 0 Å². The highest BCUT2D eigenvalue weighted by molar-refractivity contribution is 7.99. The average molecular weight is 251 g/mol. The van der Waals surface area contributed by atoms with Crippen LogP contribution in [-0.4, -0.2) is 17.5 Å². The maximum absolute atomic E-state index is 3.75. The normalized spacial score (nSPS) is 14.5. The number of hydrogen-bond donors (Lipinski definition) is 1. The van der Waals surface area contributed by atoms with E-state index in [2.05, 4.69) is 56.4 Å². The van der Waals surface area contributed by atoms with Crippen LogP contribution in [0, 0.1) is 0 Å². The second-order valence-electron chi connectivity index (χ2n) is 4.48. The van der Waals surface area contributed by atoms with Crippen LogP contribution in [-0.2, 0) is 0 Å². The molecule has 0 amide bonds. The van der Waals surface area contributed by atoms with E-state index in [9.17, 15) is 0 Å². The van der Waals surface area contributed by atoms with Gasteiger partial charge in [-0.25, -0.2) is 0 Å². The summed E-state index contributed by atoms with van der Waals surface area (Å²) in [5.41, 5.74) is 1.42. The number of hydrogen-bond acceptors (Lipinski definition) is 2. The molecule has 1 nitrogen and oxygen atoms in total. The topological polar surface area (TPSA) is 12.0 Å². The maximum Gasteiger partial charge on any atom is 0.0322 e. The van der Waals surface area contributed by atoms with E-state index in [4.69, 9.17) is 0 Å². The van der Waals surface area contributed by atoms with Crippen molar-refractivity contribution in [2.24, 2.45) is 0 Å². The molecule has 1 N–H and O–H groups in total. The summed E-state index contributed by atoms with van der Waals surface area (Å²) in [6.45, 7) is 6.76. The van der Waals surface area contributed by atoms with Gasteiger partial charge in [-0.1, -0.05) is 50.6 Å². The zero-order chi connectivity index (χ0) is 12.5. The molecule has 0 aliphatic carbocycles. The van der Waals surface area contributed by atoms with Gasteiger partial charge in [-0.05, 0) is 24.7 Å². The van der Waals surface area contributed by atoms with Crippen molar-refractivity contribution in [3.05, 3.63) is 35.9 Å². The van der Waals surface area contributed by atoms with Gasteiger partial charge in [0.1, 0.15) is 0 Å². The number of rotatable bonds is 8. The Morgan fingerprint density at radius 3 is 2.47 bits per heavy atom. The first-order valence-corrected chi connectivity index (χ1v) is 7.82. The van der Waals surface area contributed by atoms with Gasteiger partial charge in [0, 0.05) is 17.8 Å². The molecule has 0 aliphatic rings. The maximum atomic E-state index is 3.75. The van der Waals surface area contributed by atoms with Crippen molar-refractivity contribution in [2.45, 2.75) is 45.7 Å². The highest BCUT2D eigenvalue weighted by Gasteiger charge is 2.12. The van der Waals surface area contributed by atoms with E-state index >= 15 is 0 Å². The Kier molecular flexibility index (Phi) is 7.38. The van der Waals surface area contributed by atoms with E-state index in [0.717, 1.165) is 0 Å². The van der Waals surface area contributed by atoms with Gasteiger partial charge in [-0.3, -0.25) is 0 Å². The molecule has 2 atom stereocenters. The largest absolute Gasteiger partial charge is 0.307 e. The Balaban J connectivity index is 2.54. The second kappa shape index (κ2) is 8.60. The molecule has 0 saturated heterocycles. The van der Waals surface area contributed by atoms with E-state index < -0.39 is 0 Å². The highest BCUT2D eigenvalue weighted by Crippen LogP contribution is 2.19. The molecule has 1 aromatic rings. The lowest BCUT2D eigenvalue weighted by Gasteiger charge is -2.23. The third-order valence-electron chi connectivity index (χ3n) is 2.84. The molecule has 17 heavy (non-hydrogen) atoms. The van der Waals surface area contributed by atoms with E-state index in [1.165, 1.54) is 29.9 Å². The third-order valence-corrected chi connectivity index (χ3v) is 3.98. The predicted octanol–water partition coefficient (Wildman–Crippen LogP) is 4.26. The molecule has 2 unspecified atom stereocenters. The SMILES string of the molecule is CCCC(NC(C)CSCC)c1ccccc1. The van der Waals surface area contributed by atoms with E-state index in [1.54, 1.807) is 0 Å². The van der Waals surface area contributed by atoms with Crippen molar-refractivity contribution in [1.29, 1.82) is 0 Å². The van der Waals surface area contributed by atoms with Gasteiger partial charge in [-0.2, -0.15) is 11.8 Å². The number of thioether (sulfide) groups is 1. The summed E-state index contributed by atoms with van der Waals surface area (Å²) in [5, 5.41) is 3.75. The molecule has 0 radical (unpaired) electrons. The van der Waals surface area contributed by atoms with Crippen molar-refractivity contribution in [3.8, 4) is 0 Å². The lowest BCUT2D eigenvalue weighted by atomic mass is 10.0. The van der Waals surface area contributed by atoms with Crippen LogP contribution in [0.25, 0.3) is 0 Å². The Bertz CT molecular complexity index is 286. The van der Waals surface area contributed by atoms with Crippen LogP contribution in [0.2, 0.25) is 0 Å². The van der Waals surface area contributed by atoms with Crippen LogP contribution < -0.4 is 5.32 Å². The van der Waals surface area contributed by atoms with Gasteiger partial charge in [-0.15, -0.1) is 0 Å². The molecule has 1 aromatic carbocycles. The molecule has 1 rings (SSSR count). The summed E-state index contributed by atoms with van der Waals surface area (Å²) in [6.07, 6.45) is 2.44. The van der Waals surface area contributed by atoms with E-state index in [-0.39, 0.29) is 0 Å². The zero-order valence-corrected chi connectivity index (χ0v) is 12.1. The van der Waals surface area contributed by atoms with Crippen molar-refractivity contribution in [1.82, 2.24) is 5.32 Å². The van der Waals surface area contributed by atoms with Crippen LogP contribution in [0.4, 0.5) is 0 Å². The van der Waals surface area contributed by atoms with Crippen molar-refractivity contribution in [2.75, 3.05) is 11.5 Å². The van der Waals surface area contributed by atoms with Crippen LogP contribution in [0.15, 0.2) is 30.3 Å². The fourth-order valence-corrected chi connectivity index (χ4v) is 2.69. The standard InChI is InChI=1S/C15H25NS/c1-4-9-15(14-10-7-6-8-11-14)16-13(3)12-17-5-2/h6-8,10-11,13,15-16H,4-5,9,12H2,1-3H3. The summed E-state index contributed by atoms with van der Waals surface area (Å²) < 4.78 is 0. The predicted molar refractivity (Wildman–Crippen MR) is 79.7 cm³/mol. The lowest BCUT2D eigenvalue weighted by molar-refractivity contribution is 0.452. The minimum atomic E-state index is 0.508. The van der Waals surface area contributed by atoms with Crippen molar-refractivity contribution in [3.63, 3.8) is 0 Å². The molecule has 0 aromatic heterocycles. The molecule has 2 heteroatoms. The minimum absolute atomic E-state index is 0.508. The summed E-state index contributed by atoms with van der Waals surface area (Å²) in [6, 6.07) is 11.9. The minimum Gasteiger partial charge on any atom is -0.307 e. The fraction of sp³-hybridized carbons (Fsp3) is 0.600. The molecule has 0 heterocycles. The molecule has 0 aliphatic heterocycles. The van der Waals surface area contributed by atoms with E-state index in [1.807, 2.05) is 11.8 Å². The molecular weight excluding hydrogens is 226 g/mol. The first-order chi connectivity index (χ1) is 8.27. The molecule has 0 fully saturated rings. The summed E-state index contributed by atoms with van der Waals surface area (Å²) >= 11 is 2.01. The molecular formula is C15H25NS. The van der Waals surface area contributed by atoms with Crippen molar-refractivity contribution < 1.29 is 0 Å². The van der Waals surface area contributed by atoms with Crippen LogP contribution in [0.1, 0.15) is 45.2 Å². The summed E-state index contributed by atoms with van der Waals surface area (Å²) in [4.78, 5) is 0. The Labute approximate surface area is 110 Å².